The quantitative estimate of drug-likeness (QED) is 0.182. The number of Topliss-reactive ketones (excluding diaryl/α,β-unsaturated/α-hetero) is 2. The molecule has 1 aromatic heterocycles. The van der Waals surface area contributed by atoms with E-state index in [0.29, 0.717) is 49.2 Å². The number of fused-ring (bicyclic) bond motifs is 1. The van der Waals surface area contributed by atoms with Gasteiger partial charge in [0.15, 0.2) is 5.78 Å². The lowest BCUT2D eigenvalue weighted by Crippen LogP contribution is -2.42. The van der Waals surface area contributed by atoms with Crippen LogP contribution in [0.4, 0.5) is 0 Å². The Labute approximate surface area is 262 Å². The molecule has 1 saturated heterocycles. The van der Waals surface area contributed by atoms with Crippen molar-refractivity contribution in [3.05, 3.63) is 76.3 Å². The number of nitrogens with one attached hydrogen (secondary N) is 1. The molecule has 0 radical (unpaired) electrons. The molecule has 3 aromatic rings. The van der Waals surface area contributed by atoms with E-state index < -0.39 is 5.92 Å². The van der Waals surface area contributed by atoms with Crippen molar-refractivity contribution in [3.8, 4) is 0 Å². The summed E-state index contributed by atoms with van der Waals surface area (Å²) in [5.74, 6) is 1.57. The zero-order valence-electron chi connectivity index (χ0n) is 24.3. The minimum absolute atomic E-state index is 0.0448. The van der Waals surface area contributed by atoms with Crippen LogP contribution in [0.15, 0.2) is 60.7 Å². The molecule has 0 unspecified atom stereocenters. The van der Waals surface area contributed by atoms with Gasteiger partial charge in [-0.15, -0.1) is 11.3 Å². The molecule has 4 rings (SSSR count). The second-order valence-electron chi connectivity index (χ2n) is 11.0. The molecule has 6 nitrogen and oxygen atoms in total. The van der Waals surface area contributed by atoms with Crippen molar-refractivity contribution in [1.29, 1.82) is 0 Å². The molecule has 1 fully saturated rings. The topological polar surface area (TPSA) is 79.4 Å². The minimum atomic E-state index is -0.541. The summed E-state index contributed by atoms with van der Waals surface area (Å²) < 4.78 is 0.959. The summed E-state index contributed by atoms with van der Waals surface area (Å²) in [5.41, 5.74) is 2.55. The standard InChI is InChI=1S/C33H40ClN3O3S2/c1-3-7-28(38)19-25(20-32-36-29-12-10-26(34)21-31(29)42-32)33(40)35-27(18-24-8-5-4-6-9-24)11-13-30(39)23(2)22-37-14-16-41-17-15-37/h4-6,8-10,12,21,25,27H,2-3,7,11,13-20,22H2,1H3,(H,35,40)/t25-,27+/m0/s1. The Kier molecular flexibility index (Phi) is 12.6. The summed E-state index contributed by atoms with van der Waals surface area (Å²) in [6, 6.07) is 15.3. The van der Waals surface area contributed by atoms with E-state index in [1.807, 2.05) is 61.2 Å². The molecule has 1 aliphatic rings. The highest BCUT2D eigenvalue weighted by atomic mass is 35.5. The number of benzene rings is 2. The van der Waals surface area contributed by atoms with E-state index >= 15 is 0 Å². The van der Waals surface area contributed by atoms with Gasteiger partial charge in [-0.3, -0.25) is 19.3 Å². The van der Waals surface area contributed by atoms with Crippen molar-refractivity contribution in [1.82, 2.24) is 15.2 Å². The first-order valence-corrected chi connectivity index (χ1v) is 17.1. The molecule has 2 atom stereocenters. The number of nitrogens with zero attached hydrogens (tertiary/aromatic N) is 2. The number of amides is 1. The molecule has 224 valence electrons. The number of thioether (sulfide) groups is 1. The van der Waals surface area contributed by atoms with Gasteiger partial charge in [-0.1, -0.05) is 55.4 Å². The number of ketones is 2. The molecule has 1 aliphatic heterocycles. The number of hydrogen-bond acceptors (Lipinski definition) is 7. The molecule has 0 bridgehead atoms. The first kappa shape index (κ1) is 32.4. The molecule has 1 N–H and O–H groups in total. The van der Waals surface area contributed by atoms with Gasteiger partial charge in [0.25, 0.3) is 0 Å². The van der Waals surface area contributed by atoms with Crippen LogP contribution in [0, 0.1) is 5.92 Å². The second-order valence-corrected chi connectivity index (χ2v) is 13.7. The number of carbonyl (C=O) groups excluding carboxylic acids is 3. The van der Waals surface area contributed by atoms with Crippen LogP contribution in [-0.2, 0) is 27.2 Å². The van der Waals surface area contributed by atoms with Gasteiger partial charge in [0.05, 0.1) is 21.1 Å². The number of carbonyl (C=O) groups is 3. The van der Waals surface area contributed by atoms with Crippen LogP contribution in [0.25, 0.3) is 10.2 Å². The second kappa shape index (κ2) is 16.4. The average Bonchev–Trinajstić information content (AvgIpc) is 3.38. The van der Waals surface area contributed by atoms with Crippen LogP contribution in [0.3, 0.4) is 0 Å². The van der Waals surface area contributed by atoms with E-state index in [4.69, 9.17) is 16.6 Å². The summed E-state index contributed by atoms with van der Waals surface area (Å²) in [5, 5.41) is 4.67. The monoisotopic (exact) mass is 625 g/mol. The largest absolute Gasteiger partial charge is 0.353 e. The lowest BCUT2D eigenvalue weighted by Gasteiger charge is -2.26. The van der Waals surface area contributed by atoms with Crippen LogP contribution in [0.5, 0.6) is 0 Å². The van der Waals surface area contributed by atoms with Crippen LogP contribution in [0.1, 0.15) is 49.6 Å². The highest BCUT2D eigenvalue weighted by molar-refractivity contribution is 7.99. The van der Waals surface area contributed by atoms with Crippen molar-refractivity contribution in [2.45, 2.75) is 57.9 Å². The Balaban J connectivity index is 1.45. The van der Waals surface area contributed by atoms with Crippen LogP contribution < -0.4 is 5.32 Å². The number of thiazole rings is 1. The minimum Gasteiger partial charge on any atom is -0.353 e. The molecule has 1 amide bonds. The Hall–Kier alpha value is -2.52. The third kappa shape index (κ3) is 10.0. The van der Waals surface area contributed by atoms with Crippen molar-refractivity contribution in [3.63, 3.8) is 0 Å². The van der Waals surface area contributed by atoms with Gasteiger partial charge in [-0.2, -0.15) is 11.8 Å². The summed E-state index contributed by atoms with van der Waals surface area (Å²) >= 11 is 9.61. The molecule has 2 aromatic carbocycles. The normalized spacial score (nSPS) is 15.3. The van der Waals surface area contributed by atoms with Crippen molar-refractivity contribution in [2.24, 2.45) is 5.92 Å². The van der Waals surface area contributed by atoms with E-state index in [-0.39, 0.29) is 29.9 Å². The van der Waals surface area contributed by atoms with Crippen LogP contribution >= 0.6 is 34.7 Å². The van der Waals surface area contributed by atoms with Gasteiger partial charge in [0.2, 0.25) is 5.91 Å². The fourth-order valence-electron chi connectivity index (χ4n) is 5.20. The lowest BCUT2D eigenvalue weighted by molar-refractivity contribution is -0.130. The van der Waals surface area contributed by atoms with Gasteiger partial charge in [-0.05, 0) is 43.0 Å². The third-order valence-electron chi connectivity index (χ3n) is 7.49. The van der Waals surface area contributed by atoms with Gasteiger partial charge in [0, 0.05) is 73.5 Å². The highest BCUT2D eigenvalue weighted by Crippen LogP contribution is 2.28. The predicted octanol–water partition coefficient (Wildman–Crippen LogP) is 6.55. The number of halogens is 1. The van der Waals surface area contributed by atoms with E-state index in [1.165, 1.54) is 11.3 Å². The van der Waals surface area contributed by atoms with Gasteiger partial charge < -0.3 is 5.32 Å². The Morgan fingerprint density at radius 3 is 2.57 bits per heavy atom. The van der Waals surface area contributed by atoms with Gasteiger partial charge in [0.1, 0.15) is 5.78 Å². The molecular formula is C33H40ClN3O3S2. The molecule has 2 heterocycles. The number of hydrogen-bond donors (Lipinski definition) is 1. The maximum Gasteiger partial charge on any atom is 0.224 e. The summed E-state index contributed by atoms with van der Waals surface area (Å²) in [6.45, 7) is 8.60. The molecular weight excluding hydrogens is 586 g/mol. The Bertz CT molecular complexity index is 1370. The SMILES string of the molecule is C=C(CN1CCSCC1)C(=O)CC[C@H](Cc1ccccc1)NC(=O)[C@@H](CC(=O)CCC)Cc1nc2ccc(Cl)cc2s1. The summed E-state index contributed by atoms with van der Waals surface area (Å²) in [4.78, 5) is 46.6. The van der Waals surface area contributed by atoms with Crippen molar-refractivity contribution >= 4 is 62.4 Å². The summed E-state index contributed by atoms with van der Waals surface area (Å²) in [6.07, 6.45) is 3.15. The zero-order chi connectivity index (χ0) is 29.9. The maximum absolute atomic E-state index is 13.8. The maximum atomic E-state index is 13.8. The van der Waals surface area contributed by atoms with E-state index in [1.54, 1.807) is 6.07 Å². The average molecular weight is 626 g/mol. The molecule has 42 heavy (non-hydrogen) atoms. The first-order valence-electron chi connectivity index (χ1n) is 14.7. The van der Waals surface area contributed by atoms with Gasteiger partial charge in [-0.25, -0.2) is 4.98 Å². The Morgan fingerprint density at radius 2 is 1.83 bits per heavy atom. The fourth-order valence-corrected chi connectivity index (χ4v) is 7.50. The Morgan fingerprint density at radius 1 is 1.07 bits per heavy atom. The molecule has 0 saturated carbocycles. The van der Waals surface area contributed by atoms with E-state index in [9.17, 15) is 14.4 Å². The van der Waals surface area contributed by atoms with E-state index in [2.05, 4.69) is 16.8 Å². The van der Waals surface area contributed by atoms with Gasteiger partial charge >= 0.3 is 0 Å². The van der Waals surface area contributed by atoms with Crippen LogP contribution in [0.2, 0.25) is 5.02 Å². The number of aromatic nitrogens is 1. The molecule has 9 heteroatoms. The van der Waals surface area contributed by atoms with Crippen molar-refractivity contribution < 1.29 is 14.4 Å². The first-order chi connectivity index (χ1) is 20.3. The third-order valence-corrected chi connectivity index (χ3v) is 9.71. The highest BCUT2D eigenvalue weighted by Gasteiger charge is 2.26. The fraction of sp³-hybridized carbons (Fsp3) is 0.455. The smallest absolute Gasteiger partial charge is 0.224 e. The molecule has 0 aliphatic carbocycles. The molecule has 0 spiro atoms. The number of rotatable bonds is 16. The predicted molar refractivity (Wildman–Crippen MR) is 176 cm³/mol. The van der Waals surface area contributed by atoms with Crippen molar-refractivity contribution in [2.75, 3.05) is 31.1 Å². The van der Waals surface area contributed by atoms with Crippen LogP contribution in [-0.4, -0.2) is 64.5 Å². The lowest BCUT2D eigenvalue weighted by atomic mass is 9.94. The zero-order valence-corrected chi connectivity index (χ0v) is 26.7. The van der Waals surface area contributed by atoms with E-state index in [0.717, 1.165) is 51.8 Å². The summed E-state index contributed by atoms with van der Waals surface area (Å²) in [7, 11) is 0.